The number of para-hydroxylation sites is 1. The van der Waals surface area contributed by atoms with E-state index in [1.807, 2.05) is 31.2 Å². The summed E-state index contributed by atoms with van der Waals surface area (Å²) in [4.78, 5) is 40.8. The van der Waals surface area contributed by atoms with Crippen molar-refractivity contribution >= 4 is 51.1 Å². The number of carbonyl (C=O) groups excluding carboxylic acids is 2. The van der Waals surface area contributed by atoms with Gasteiger partial charge >= 0.3 is 12.0 Å². The molecule has 0 saturated carbocycles. The molecule has 0 saturated heterocycles. The van der Waals surface area contributed by atoms with Crippen LogP contribution in [0.3, 0.4) is 0 Å². The van der Waals surface area contributed by atoms with Crippen LogP contribution in [0.25, 0.3) is 0 Å². The summed E-state index contributed by atoms with van der Waals surface area (Å²) in [6.45, 7) is 4.01. The molecule has 1 aliphatic rings. The molecule has 3 rings (SSSR count). The smallest absolute Gasteiger partial charge is 0.326 e. The number of carbonyl (C=O) groups is 3. The summed E-state index contributed by atoms with van der Waals surface area (Å²) in [6, 6.07) is 10.6. The van der Waals surface area contributed by atoms with E-state index in [0.29, 0.717) is 16.3 Å². The Morgan fingerprint density at radius 2 is 1.97 bits per heavy atom. The molecule has 0 bridgehead atoms. The molecule has 2 aromatic rings. The molecule has 1 unspecified atom stereocenters. The van der Waals surface area contributed by atoms with Crippen molar-refractivity contribution in [2.75, 3.05) is 11.4 Å². The molecule has 0 fully saturated rings. The van der Waals surface area contributed by atoms with Gasteiger partial charge in [-0.05, 0) is 43.2 Å². The van der Waals surface area contributed by atoms with Crippen molar-refractivity contribution < 1.29 is 19.5 Å². The van der Waals surface area contributed by atoms with E-state index in [-0.39, 0.29) is 31.5 Å². The van der Waals surface area contributed by atoms with E-state index < -0.39 is 18.0 Å². The van der Waals surface area contributed by atoms with Crippen molar-refractivity contribution in [1.82, 2.24) is 10.2 Å². The van der Waals surface area contributed by atoms with Gasteiger partial charge in [-0.1, -0.05) is 52.7 Å². The topological polar surface area (TPSA) is 90.0 Å². The van der Waals surface area contributed by atoms with E-state index in [0.717, 1.165) is 10.0 Å². The maximum absolute atomic E-state index is 13.4. The molecule has 2 N–H and O–H groups in total. The minimum Gasteiger partial charge on any atom is -0.480 e. The maximum atomic E-state index is 13.4. The SMILES string of the molecule is CCC(NC(=O)N1Cc2ccccc2N(C(=O)c2ccc(Br)cc2Cl)C[C@H]1C)C(=O)O. The average molecular weight is 509 g/mol. The number of rotatable bonds is 4. The summed E-state index contributed by atoms with van der Waals surface area (Å²) < 4.78 is 0.769. The normalized spacial score (nSPS) is 16.8. The lowest BCUT2D eigenvalue weighted by atomic mass is 10.1. The van der Waals surface area contributed by atoms with Crippen LogP contribution in [0.4, 0.5) is 10.5 Å². The zero-order valence-corrected chi connectivity index (χ0v) is 19.5. The van der Waals surface area contributed by atoms with Gasteiger partial charge in [0, 0.05) is 29.3 Å². The first-order valence-corrected chi connectivity index (χ1v) is 11.0. The fourth-order valence-electron chi connectivity index (χ4n) is 3.55. The summed E-state index contributed by atoms with van der Waals surface area (Å²) in [5.74, 6) is -1.35. The molecular weight excluding hydrogens is 486 g/mol. The number of hydrogen-bond donors (Lipinski definition) is 2. The summed E-state index contributed by atoms with van der Waals surface area (Å²) in [6.07, 6.45) is 0.270. The highest BCUT2D eigenvalue weighted by molar-refractivity contribution is 9.10. The second-order valence-corrected chi connectivity index (χ2v) is 8.72. The number of carboxylic acid groups (broad SMARTS) is 1. The molecule has 2 aromatic carbocycles. The second-order valence-electron chi connectivity index (χ2n) is 7.39. The van der Waals surface area contributed by atoms with Crippen LogP contribution in [0, 0.1) is 0 Å². The molecule has 2 atom stereocenters. The van der Waals surface area contributed by atoms with Crippen molar-refractivity contribution in [3.05, 3.63) is 63.1 Å². The molecule has 0 aromatic heterocycles. The van der Waals surface area contributed by atoms with Crippen LogP contribution >= 0.6 is 27.5 Å². The van der Waals surface area contributed by atoms with E-state index in [1.165, 1.54) is 0 Å². The maximum Gasteiger partial charge on any atom is 0.326 e. The van der Waals surface area contributed by atoms with Crippen molar-refractivity contribution in [3.8, 4) is 0 Å². The van der Waals surface area contributed by atoms with E-state index in [2.05, 4.69) is 21.2 Å². The van der Waals surface area contributed by atoms with Gasteiger partial charge in [-0.25, -0.2) is 9.59 Å². The second kappa shape index (κ2) is 9.70. The Balaban J connectivity index is 1.94. The number of hydrogen-bond acceptors (Lipinski definition) is 3. The first-order chi connectivity index (χ1) is 14.7. The largest absolute Gasteiger partial charge is 0.480 e. The Kier molecular flexibility index (Phi) is 7.23. The van der Waals surface area contributed by atoms with Gasteiger partial charge in [0.2, 0.25) is 0 Å². The molecule has 7 nitrogen and oxygen atoms in total. The molecule has 0 aliphatic carbocycles. The highest BCUT2D eigenvalue weighted by Crippen LogP contribution is 2.31. The van der Waals surface area contributed by atoms with Gasteiger partial charge in [0.25, 0.3) is 5.91 Å². The zero-order chi connectivity index (χ0) is 22.7. The lowest BCUT2D eigenvalue weighted by Crippen LogP contribution is -2.52. The van der Waals surface area contributed by atoms with Gasteiger partial charge in [0.05, 0.1) is 10.6 Å². The van der Waals surface area contributed by atoms with Gasteiger partial charge in [0.1, 0.15) is 6.04 Å². The molecule has 164 valence electrons. The van der Waals surface area contributed by atoms with Gasteiger partial charge in [0.15, 0.2) is 0 Å². The molecule has 3 amide bonds. The number of amides is 3. The van der Waals surface area contributed by atoms with Crippen LogP contribution in [0.5, 0.6) is 0 Å². The molecule has 31 heavy (non-hydrogen) atoms. The number of fused-ring (bicyclic) bond motifs is 1. The van der Waals surface area contributed by atoms with Crippen LogP contribution < -0.4 is 10.2 Å². The Morgan fingerprint density at radius 3 is 2.61 bits per heavy atom. The Labute approximate surface area is 194 Å². The van der Waals surface area contributed by atoms with Gasteiger partial charge in [-0.3, -0.25) is 4.79 Å². The third kappa shape index (κ3) is 5.02. The summed E-state index contributed by atoms with van der Waals surface area (Å²) in [5, 5.41) is 12.2. The van der Waals surface area contributed by atoms with Crippen molar-refractivity contribution in [2.24, 2.45) is 0 Å². The molecular formula is C22H23BrClN3O4. The molecule has 0 radical (unpaired) electrons. The third-order valence-corrected chi connectivity index (χ3v) is 6.08. The van der Waals surface area contributed by atoms with Crippen molar-refractivity contribution in [2.45, 2.75) is 38.9 Å². The molecule has 9 heteroatoms. The number of aliphatic carboxylic acids is 1. The van der Waals surface area contributed by atoms with Crippen molar-refractivity contribution in [1.29, 1.82) is 0 Å². The lowest BCUT2D eigenvalue weighted by Gasteiger charge is -2.30. The average Bonchev–Trinajstić information content (AvgIpc) is 2.88. The summed E-state index contributed by atoms with van der Waals surface area (Å²) >= 11 is 9.67. The zero-order valence-electron chi connectivity index (χ0n) is 17.1. The van der Waals surface area contributed by atoms with E-state index in [4.69, 9.17) is 11.6 Å². The van der Waals surface area contributed by atoms with Crippen LogP contribution in [0.1, 0.15) is 36.2 Å². The first kappa shape index (κ1) is 23.1. The standard InChI is InChI=1S/C22H23BrClN3O4/c1-3-18(21(29)30)25-22(31)26-12-14-6-4-5-7-19(14)27(11-13(26)2)20(28)16-9-8-15(23)10-17(16)24/h4-10,13,18H,3,11-12H2,1-2H3,(H,25,31)(H,29,30)/t13-,18?/m1/s1. The fraction of sp³-hybridized carbons (Fsp3) is 0.318. The third-order valence-electron chi connectivity index (χ3n) is 5.27. The van der Waals surface area contributed by atoms with Crippen LogP contribution in [-0.4, -0.2) is 46.5 Å². The minimum absolute atomic E-state index is 0.236. The van der Waals surface area contributed by atoms with Gasteiger partial charge in [-0.2, -0.15) is 0 Å². The first-order valence-electron chi connectivity index (χ1n) is 9.87. The highest BCUT2D eigenvalue weighted by atomic mass is 79.9. The van der Waals surface area contributed by atoms with Crippen molar-refractivity contribution in [3.63, 3.8) is 0 Å². The number of carboxylic acids is 1. The molecule has 1 aliphatic heterocycles. The monoisotopic (exact) mass is 507 g/mol. The molecule has 0 spiro atoms. The summed E-state index contributed by atoms with van der Waals surface area (Å²) in [5.41, 5.74) is 1.84. The molecule has 1 heterocycles. The number of nitrogens with zero attached hydrogens (tertiary/aromatic N) is 2. The predicted molar refractivity (Wildman–Crippen MR) is 123 cm³/mol. The van der Waals surface area contributed by atoms with E-state index in [1.54, 1.807) is 34.9 Å². The Bertz CT molecular complexity index is 1020. The number of halogens is 2. The number of anilines is 1. The van der Waals surface area contributed by atoms with Crippen LogP contribution in [0.2, 0.25) is 5.02 Å². The quantitative estimate of drug-likeness (QED) is 0.635. The van der Waals surface area contributed by atoms with Crippen LogP contribution in [0.15, 0.2) is 46.9 Å². The van der Waals surface area contributed by atoms with Gasteiger partial charge in [-0.15, -0.1) is 0 Å². The van der Waals surface area contributed by atoms with E-state index in [9.17, 15) is 19.5 Å². The summed E-state index contributed by atoms with van der Waals surface area (Å²) in [7, 11) is 0. The number of benzene rings is 2. The fourth-order valence-corrected chi connectivity index (χ4v) is 4.31. The predicted octanol–water partition coefficient (Wildman–Crippen LogP) is 4.53. The van der Waals surface area contributed by atoms with E-state index >= 15 is 0 Å². The number of nitrogens with one attached hydrogen (secondary N) is 1. The Hall–Kier alpha value is -2.58. The minimum atomic E-state index is -1.08. The Morgan fingerprint density at radius 1 is 1.26 bits per heavy atom. The number of urea groups is 1. The lowest BCUT2D eigenvalue weighted by molar-refractivity contribution is -0.139. The van der Waals surface area contributed by atoms with Crippen LogP contribution in [-0.2, 0) is 11.3 Å². The van der Waals surface area contributed by atoms with Gasteiger partial charge < -0.3 is 20.2 Å². The highest BCUT2D eigenvalue weighted by Gasteiger charge is 2.33.